The Kier molecular flexibility index (Phi) is 5.27. The first-order valence-electron chi connectivity index (χ1n) is 2.53. The topological polar surface area (TPSA) is 46.5 Å². The fourth-order valence-electron chi connectivity index (χ4n) is 0.345. The largest absolute Gasteiger partial charge is 0.481 e. The number of rotatable bonds is 4. The molecule has 0 aliphatic heterocycles. The van der Waals surface area contributed by atoms with Gasteiger partial charge < -0.3 is 9.63 Å². The van der Waals surface area contributed by atoms with E-state index in [9.17, 15) is 4.79 Å². The number of carboxylic acid groups (broad SMARTS) is 1. The first-order valence-corrected chi connectivity index (χ1v) is 5.60. The second-order valence-electron chi connectivity index (χ2n) is 1.39. The van der Waals surface area contributed by atoms with Gasteiger partial charge in [0.25, 0.3) is 0 Å². The Balaban J connectivity index is 3.26. The second-order valence-corrected chi connectivity index (χ2v) is 4.52. The Morgan fingerprint density at radius 3 is 2.78 bits per heavy atom. The van der Waals surface area contributed by atoms with E-state index in [1.54, 1.807) is 0 Å². The summed E-state index contributed by atoms with van der Waals surface area (Å²) in [6.45, 7) is 2.43. The van der Waals surface area contributed by atoms with Crippen molar-refractivity contribution in [2.24, 2.45) is 0 Å². The van der Waals surface area contributed by atoms with Crippen LogP contribution in [0.2, 0.25) is 0 Å². The summed E-state index contributed by atoms with van der Waals surface area (Å²) in [5.74, 6) is -0.801. The van der Waals surface area contributed by atoms with Gasteiger partial charge in [0.05, 0.1) is 14.0 Å². The van der Waals surface area contributed by atoms with Crippen molar-refractivity contribution < 1.29 is 14.4 Å². The molecule has 3 nitrogen and oxygen atoms in total. The fraction of sp³-hybridized carbons (Fsp3) is 0.750. The number of hydrogen-bond acceptors (Lipinski definition) is 2. The molecule has 54 valence electrons. The van der Waals surface area contributed by atoms with Crippen LogP contribution in [0, 0.1) is 0 Å². The van der Waals surface area contributed by atoms with Crippen molar-refractivity contribution in [3.63, 3.8) is 0 Å². The molecule has 0 amide bonds. The van der Waals surface area contributed by atoms with Gasteiger partial charge in [-0.1, -0.05) is 8.93 Å². The van der Waals surface area contributed by atoms with Gasteiger partial charge in [-0.2, -0.15) is 0 Å². The van der Waals surface area contributed by atoms with Crippen LogP contribution in [-0.2, 0) is 9.32 Å². The highest BCUT2D eigenvalue weighted by atomic mass is 32.0. The molecule has 0 spiro atoms. The molecule has 5 heteroatoms. The molecule has 0 aliphatic carbocycles. The summed E-state index contributed by atoms with van der Waals surface area (Å²) in [7, 11) is 1.58. The molecule has 0 saturated carbocycles. The summed E-state index contributed by atoms with van der Waals surface area (Å²) in [5.41, 5.74) is 0. The number of aliphatic carboxylic acids is 1. The SMILES string of the molecule is CCOP(P)CC(=O)O. The Labute approximate surface area is 57.7 Å². The van der Waals surface area contributed by atoms with Gasteiger partial charge >= 0.3 is 5.97 Å². The molecule has 0 aromatic rings. The molecule has 2 unspecified atom stereocenters. The van der Waals surface area contributed by atoms with Gasteiger partial charge in [-0.05, 0) is 6.92 Å². The molecule has 0 aromatic heterocycles. The third kappa shape index (κ3) is 6.17. The molecular weight excluding hydrogens is 158 g/mol. The summed E-state index contributed by atoms with van der Waals surface area (Å²) in [6.07, 6.45) is 0.119. The summed E-state index contributed by atoms with van der Waals surface area (Å²) < 4.78 is 5.00. The third-order valence-electron chi connectivity index (χ3n) is 0.586. The molecule has 1 N–H and O–H groups in total. The highest BCUT2D eigenvalue weighted by molar-refractivity contribution is 8.11. The normalized spacial score (nSPS) is 13.1. The zero-order valence-electron chi connectivity index (χ0n) is 5.20. The van der Waals surface area contributed by atoms with Crippen molar-refractivity contribution in [2.45, 2.75) is 6.92 Å². The molecule has 9 heavy (non-hydrogen) atoms. The minimum atomic E-state index is -0.803. The standard InChI is InChI=1S/C4H10O3P2/c1-2-7-9(8)3-4(5)6/h2-3,8H2,1H3,(H,5,6). The van der Waals surface area contributed by atoms with E-state index in [-0.39, 0.29) is 6.16 Å². The third-order valence-corrected chi connectivity index (χ3v) is 2.75. The second kappa shape index (κ2) is 5.10. The quantitative estimate of drug-likeness (QED) is 0.643. The molecule has 0 radical (unpaired) electrons. The van der Waals surface area contributed by atoms with E-state index < -0.39 is 13.8 Å². The van der Waals surface area contributed by atoms with Gasteiger partial charge in [0, 0.05) is 6.61 Å². The summed E-state index contributed by atoms with van der Waals surface area (Å²) in [6, 6.07) is 0. The highest BCUT2D eigenvalue weighted by Crippen LogP contribution is 2.44. The van der Waals surface area contributed by atoms with Gasteiger partial charge in [0.1, 0.15) is 0 Å². The van der Waals surface area contributed by atoms with E-state index in [0.717, 1.165) is 0 Å². The number of carbonyl (C=O) groups is 1. The maximum Gasteiger partial charge on any atom is 0.310 e. The minimum absolute atomic E-state index is 0.119. The average Bonchev–Trinajstić information content (AvgIpc) is 1.63. The van der Waals surface area contributed by atoms with Crippen molar-refractivity contribution in [3.8, 4) is 0 Å². The summed E-state index contributed by atoms with van der Waals surface area (Å²) in [4.78, 5) is 10.0. The van der Waals surface area contributed by atoms with E-state index in [4.69, 9.17) is 9.63 Å². The molecule has 0 fully saturated rings. The Morgan fingerprint density at radius 1 is 1.89 bits per heavy atom. The van der Waals surface area contributed by atoms with Crippen LogP contribution in [0.4, 0.5) is 0 Å². The lowest BCUT2D eigenvalue weighted by atomic mass is 10.8. The predicted octanol–water partition coefficient (Wildman–Crippen LogP) is 1.29. The molecule has 0 rings (SSSR count). The van der Waals surface area contributed by atoms with E-state index in [1.165, 1.54) is 0 Å². The van der Waals surface area contributed by atoms with Crippen LogP contribution in [0.1, 0.15) is 6.92 Å². The lowest BCUT2D eigenvalue weighted by Crippen LogP contribution is -1.99. The Bertz CT molecular complexity index is 95.8. The van der Waals surface area contributed by atoms with Crippen molar-refractivity contribution >= 4 is 22.7 Å². The summed E-state index contributed by atoms with van der Waals surface area (Å²) >= 11 is 0. The first kappa shape index (κ1) is 9.29. The van der Waals surface area contributed by atoms with E-state index in [2.05, 4.69) is 8.93 Å². The van der Waals surface area contributed by atoms with Crippen molar-refractivity contribution in [2.75, 3.05) is 12.8 Å². The highest BCUT2D eigenvalue weighted by Gasteiger charge is 2.05. The van der Waals surface area contributed by atoms with Crippen LogP contribution in [-0.4, -0.2) is 23.8 Å². The van der Waals surface area contributed by atoms with Crippen LogP contribution < -0.4 is 0 Å². The van der Waals surface area contributed by atoms with Gasteiger partial charge in [0.15, 0.2) is 0 Å². The van der Waals surface area contributed by atoms with Crippen LogP contribution in [0.3, 0.4) is 0 Å². The van der Waals surface area contributed by atoms with Crippen molar-refractivity contribution in [3.05, 3.63) is 0 Å². The van der Waals surface area contributed by atoms with Crippen LogP contribution in [0.15, 0.2) is 0 Å². The Hall–Kier alpha value is 0.290. The van der Waals surface area contributed by atoms with Gasteiger partial charge in [-0.15, -0.1) is 0 Å². The number of carboxylic acids is 1. The molecule has 2 atom stereocenters. The molecule has 0 heterocycles. The van der Waals surface area contributed by atoms with E-state index >= 15 is 0 Å². The van der Waals surface area contributed by atoms with Gasteiger partial charge in [-0.3, -0.25) is 4.79 Å². The molecular formula is C4H10O3P2. The van der Waals surface area contributed by atoms with Crippen molar-refractivity contribution in [1.29, 1.82) is 0 Å². The lowest BCUT2D eigenvalue weighted by molar-refractivity contribution is -0.134. The lowest BCUT2D eigenvalue weighted by Gasteiger charge is -2.06. The monoisotopic (exact) mass is 168 g/mol. The Morgan fingerprint density at radius 2 is 2.44 bits per heavy atom. The zero-order valence-corrected chi connectivity index (χ0v) is 7.25. The van der Waals surface area contributed by atoms with Gasteiger partial charge in [0.2, 0.25) is 0 Å². The fourth-order valence-corrected chi connectivity index (χ4v) is 1.95. The maximum atomic E-state index is 10.0. The number of hydrogen-bond donors (Lipinski definition) is 1. The molecule has 0 bridgehead atoms. The molecule has 0 saturated heterocycles. The van der Waals surface area contributed by atoms with Crippen LogP contribution in [0.5, 0.6) is 0 Å². The summed E-state index contributed by atoms with van der Waals surface area (Å²) in [5, 5.41) is 8.23. The maximum absolute atomic E-state index is 10.0. The van der Waals surface area contributed by atoms with Crippen LogP contribution in [0.25, 0.3) is 0 Å². The zero-order chi connectivity index (χ0) is 7.28. The average molecular weight is 168 g/mol. The smallest absolute Gasteiger partial charge is 0.310 e. The van der Waals surface area contributed by atoms with Gasteiger partial charge in [-0.25, -0.2) is 0 Å². The van der Waals surface area contributed by atoms with Crippen molar-refractivity contribution in [1.82, 2.24) is 0 Å². The predicted molar refractivity (Wildman–Crippen MR) is 40.8 cm³/mol. The minimum Gasteiger partial charge on any atom is -0.481 e. The van der Waals surface area contributed by atoms with E-state index in [1.807, 2.05) is 6.92 Å². The molecule has 0 aliphatic rings. The first-order chi connectivity index (χ1) is 4.16. The molecule has 0 aromatic carbocycles. The van der Waals surface area contributed by atoms with Crippen LogP contribution >= 0.6 is 16.8 Å². The van der Waals surface area contributed by atoms with E-state index in [0.29, 0.717) is 6.61 Å².